The Kier molecular flexibility index (Phi) is 6.27. The van der Waals surface area contributed by atoms with Crippen LogP contribution in [0.15, 0.2) is 109 Å². The van der Waals surface area contributed by atoms with Crippen LogP contribution < -0.4 is 9.47 Å². The van der Waals surface area contributed by atoms with Crippen molar-refractivity contribution in [2.75, 3.05) is 6.54 Å². The van der Waals surface area contributed by atoms with Crippen molar-refractivity contribution in [3.8, 4) is 11.5 Å². The van der Waals surface area contributed by atoms with Crippen LogP contribution in [0.5, 0.6) is 11.5 Å². The minimum atomic E-state index is -0.872. The second-order valence-electron chi connectivity index (χ2n) is 9.55. The van der Waals surface area contributed by atoms with E-state index in [1.165, 1.54) is 0 Å². The van der Waals surface area contributed by atoms with Gasteiger partial charge < -0.3 is 19.1 Å². The van der Waals surface area contributed by atoms with E-state index in [1.54, 1.807) is 0 Å². The molecule has 0 aliphatic carbocycles. The van der Waals surface area contributed by atoms with Gasteiger partial charge in [0.2, 0.25) is 0 Å². The molecular formula is C32H29NO4. The maximum Gasteiger partial charge on any atom is 0.411 e. The van der Waals surface area contributed by atoms with E-state index in [0.717, 1.165) is 53.1 Å². The third kappa shape index (κ3) is 4.53. The van der Waals surface area contributed by atoms with Gasteiger partial charge in [0.25, 0.3) is 0 Å². The maximum absolute atomic E-state index is 12.9. The summed E-state index contributed by atoms with van der Waals surface area (Å²) in [6.07, 6.45) is 1.61. The Balaban J connectivity index is 1.26. The number of carbonyl (C=O) groups excluding carboxylic acids is 1. The lowest BCUT2D eigenvalue weighted by Crippen LogP contribution is -2.40. The van der Waals surface area contributed by atoms with Crippen LogP contribution in [0.3, 0.4) is 0 Å². The van der Waals surface area contributed by atoms with Crippen molar-refractivity contribution in [1.82, 2.24) is 4.90 Å². The zero-order valence-electron chi connectivity index (χ0n) is 20.6. The van der Waals surface area contributed by atoms with Crippen molar-refractivity contribution < 1.29 is 19.0 Å². The summed E-state index contributed by atoms with van der Waals surface area (Å²) in [4.78, 5) is 14.8. The zero-order chi connectivity index (χ0) is 25.1. The topological polar surface area (TPSA) is 48.0 Å². The summed E-state index contributed by atoms with van der Waals surface area (Å²) >= 11 is 0. The number of nitrogens with zero attached hydrogens (tertiary/aromatic N) is 1. The number of cyclic esters (lactones) is 1. The third-order valence-corrected chi connectivity index (χ3v) is 7.27. The van der Waals surface area contributed by atoms with Crippen LogP contribution in [-0.4, -0.2) is 23.6 Å². The molecule has 6 rings (SSSR count). The molecule has 0 bridgehead atoms. The highest BCUT2D eigenvalue weighted by molar-refractivity contribution is 5.74. The molecule has 4 aromatic rings. The highest BCUT2D eigenvalue weighted by atomic mass is 16.6. The van der Waals surface area contributed by atoms with E-state index in [1.807, 2.05) is 114 Å². The van der Waals surface area contributed by atoms with Crippen molar-refractivity contribution in [1.29, 1.82) is 0 Å². The second-order valence-corrected chi connectivity index (χ2v) is 9.55. The van der Waals surface area contributed by atoms with E-state index >= 15 is 0 Å². The van der Waals surface area contributed by atoms with Crippen LogP contribution in [0.1, 0.15) is 35.1 Å². The van der Waals surface area contributed by atoms with Gasteiger partial charge in [0.1, 0.15) is 24.7 Å². The van der Waals surface area contributed by atoms with Crippen LogP contribution in [-0.2, 0) is 23.6 Å². The quantitative estimate of drug-likeness (QED) is 0.275. The van der Waals surface area contributed by atoms with E-state index in [0.29, 0.717) is 13.2 Å². The average molecular weight is 492 g/mol. The summed E-state index contributed by atoms with van der Waals surface area (Å²) in [6, 6.07) is 36.1. The monoisotopic (exact) mass is 491 g/mol. The largest absolute Gasteiger partial charge is 0.489 e. The number of rotatable bonds is 8. The summed E-state index contributed by atoms with van der Waals surface area (Å²) in [6.45, 7) is 1.73. The Bertz CT molecular complexity index is 1250. The first-order valence-electron chi connectivity index (χ1n) is 12.8. The van der Waals surface area contributed by atoms with Crippen molar-refractivity contribution >= 4 is 6.09 Å². The fraction of sp³-hybridized carbons (Fsp3) is 0.219. The van der Waals surface area contributed by atoms with Crippen molar-refractivity contribution in [3.05, 3.63) is 131 Å². The van der Waals surface area contributed by atoms with Gasteiger partial charge in [0, 0.05) is 17.7 Å². The summed E-state index contributed by atoms with van der Waals surface area (Å²) in [7, 11) is 0. The Hall–Kier alpha value is -4.25. The van der Waals surface area contributed by atoms with Gasteiger partial charge in [0.15, 0.2) is 5.60 Å². The molecule has 0 aromatic heterocycles. The maximum atomic E-state index is 12.9. The van der Waals surface area contributed by atoms with Gasteiger partial charge in [-0.25, -0.2) is 4.79 Å². The Morgan fingerprint density at radius 2 is 1.19 bits per heavy atom. The molecule has 37 heavy (non-hydrogen) atoms. The molecule has 5 nitrogen and oxygen atoms in total. The molecule has 1 amide bonds. The lowest BCUT2D eigenvalue weighted by atomic mass is 9.79. The molecule has 186 valence electrons. The first-order valence-corrected chi connectivity index (χ1v) is 12.8. The van der Waals surface area contributed by atoms with Gasteiger partial charge in [0.05, 0.1) is 6.04 Å². The molecule has 2 fully saturated rings. The fourth-order valence-electron chi connectivity index (χ4n) is 5.42. The molecule has 0 unspecified atom stereocenters. The molecule has 2 saturated heterocycles. The van der Waals surface area contributed by atoms with Crippen molar-refractivity contribution in [3.63, 3.8) is 0 Å². The predicted octanol–water partition coefficient (Wildman–Crippen LogP) is 6.70. The molecule has 2 aliphatic rings. The molecule has 0 spiro atoms. The Labute approximate surface area is 217 Å². The molecule has 1 atom stereocenters. The summed E-state index contributed by atoms with van der Waals surface area (Å²) in [5, 5.41) is 0. The molecular weight excluding hydrogens is 462 g/mol. The van der Waals surface area contributed by atoms with Gasteiger partial charge in [-0.3, -0.25) is 0 Å². The van der Waals surface area contributed by atoms with Crippen LogP contribution >= 0.6 is 0 Å². The van der Waals surface area contributed by atoms with Crippen LogP contribution in [0.4, 0.5) is 4.79 Å². The number of ether oxygens (including phenoxy) is 3. The van der Waals surface area contributed by atoms with Crippen LogP contribution in [0, 0.1) is 0 Å². The Morgan fingerprint density at radius 3 is 1.68 bits per heavy atom. The van der Waals surface area contributed by atoms with E-state index in [9.17, 15) is 4.79 Å². The van der Waals surface area contributed by atoms with Crippen LogP contribution in [0.25, 0.3) is 0 Å². The van der Waals surface area contributed by atoms with Gasteiger partial charge >= 0.3 is 6.09 Å². The smallest absolute Gasteiger partial charge is 0.411 e. The zero-order valence-corrected chi connectivity index (χ0v) is 20.6. The highest BCUT2D eigenvalue weighted by Gasteiger charge is 2.57. The number of fused-ring (bicyclic) bond motifs is 1. The number of amides is 1. The first kappa shape index (κ1) is 23.2. The number of carbonyl (C=O) groups is 1. The van der Waals surface area contributed by atoms with Gasteiger partial charge in [-0.2, -0.15) is 0 Å². The minimum Gasteiger partial charge on any atom is -0.489 e. The van der Waals surface area contributed by atoms with E-state index < -0.39 is 5.60 Å². The van der Waals surface area contributed by atoms with Gasteiger partial charge in [-0.1, -0.05) is 84.9 Å². The highest BCUT2D eigenvalue weighted by Crippen LogP contribution is 2.49. The lowest BCUT2D eigenvalue weighted by molar-refractivity contribution is 0.0669. The molecule has 2 heterocycles. The van der Waals surface area contributed by atoms with E-state index in [2.05, 4.69) is 0 Å². The minimum absolute atomic E-state index is 0.0489. The summed E-state index contributed by atoms with van der Waals surface area (Å²) < 4.78 is 18.2. The SMILES string of the molecule is O=C1OC(c2ccc(OCc3ccccc3)cc2)(c2ccc(OCc3ccccc3)cc2)[C@@H]2CCCN12. The average Bonchev–Trinajstić information content (AvgIpc) is 3.56. The molecule has 0 N–H and O–H groups in total. The van der Waals surface area contributed by atoms with Gasteiger partial charge in [-0.05, 0) is 48.2 Å². The van der Waals surface area contributed by atoms with Crippen molar-refractivity contribution in [2.45, 2.75) is 37.7 Å². The molecule has 4 aromatic carbocycles. The number of hydrogen-bond donors (Lipinski definition) is 0. The fourth-order valence-corrected chi connectivity index (χ4v) is 5.42. The third-order valence-electron chi connectivity index (χ3n) is 7.27. The Morgan fingerprint density at radius 1 is 0.703 bits per heavy atom. The molecule has 2 aliphatic heterocycles. The number of hydrogen-bond acceptors (Lipinski definition) is 4. The molecule has 5 heteroatoms. The predicted molar refractivity (Wildman–Crippen MR) is 141 cm³/mol. The van der Waals surface area contributed by atoms with E-state index in [4.69, 9.17) is 14.2 Å². The van der Waals surface area contributed by atoms with Crippen LogP contribution in [0.2, 0.25) is 0 Å². The number of benzene rings is 4. The standard InChI is InChI=1S/C32H29NO4/c34-31-33-21-7-12-30(33)32(37-31,26-13-17-28(18-14-26)35-22-24-8-3-1-4-9-24)27-15-19-29(20-16-27)36-23-25-10-5-2-6-11-25/h1-6,8-11,13-20,30H,7,12,21-23H2/t30-/m0/s1. The molecule has 0 radical (unpaired) electrons. The van der Waals surface area contributed by atoms with E-state index in [-0.39, 0.29) is 12.1 Å². The normalized spacial score (nSPS) is 17.8. The summed E-state index contributed by atoms with van der Waals surface area (Å²) in [5.41, 5.74) is 3.25. The van der Waals surface area contributed by atoms with Gasteiger partial charge in [-0.15, -0.1) is 0 Å². The first-order chi connectivity index (χ1) is 18.2. The molecule has 0 saturated carbocycles. The second kappa shape index (κ2) is 10.0. The summed E-state index contributed by atoms with van der Waals surface area (Å²) in [5.74, 6) is 1.56. The lowest BCUT2D eigenvalue weighted by Gasteiger charge is -2.33. The van der Waals surface area contributed by atoms with Crippen molar-refractivity contribution in [2.24, 2.45) is 0 Å².